The molecule has 0 unspecified atom stereocenters. The largest absolute Gasteiger partial charge is 0.464 e. The average Bonchev–Trinajstić information content (AvgIpc) is 2.39. The smallest absolute Gasteiger partial charge is 0.416 e. The van der Waals surface area contributed by atoms with Crippen molar-refractivity contribution in [2.45, 2.75) is 0 Å². The molecule has 0 fully saturated rings. The fourth-order valence-electron chi connectivity index (χ4n) is 2.20. The topological polar surface area (TPSA) is 59.3 Å². The zero-order chi connectivity index (χ0) is 12.7. The van der Waals surface area contributed by atoms with Gasteiger partial charge >= 0.3 is 6.09 Å². The van der Waals surface area contributed by atoms with Gasteiger partial charge in [0.2, 0.25) is 0 Å². The zero-order valence-corrected chi connectivity index (χ0v) is 9.33. The third-order valence-corrected chi connectivity index (χ3v) is 2.97. The van der Waals surface area contributed by atoms with Gasteiger partial charge < -0.3 is 5.11 Å². The average molecular weight is 239 g/mol. The Labute approximate surface area is 102 Å². The number of nitrogens with zero attached hydrogens (tertiary/aromatic N) is 1. The van der Waals surface area contributed by atoms with Crippen molar-refractivity contribution in [3.8, 4) is 0 Å². The molecule has 4 heteroatoms. The van der Waals surface area contributed by atoms with Crippen molar-refractivity contribution in [1.82, 2.24) is 4.57 Å². The molecule has 0 bridgehead atoms. The first kappa shape index (κ1) is 10.5. The molecule has 0 spiro atoms. The molecule has 1 N–H and O–H groups in total. The lowest BCUT2D eigenvalue weighted by molar-refractivity contribution is 0.198. The Balaban J connectivity index is 2.72. The van der Waals surface area contributed by atoms with E-state index in [0.717, 1.165) is 4.57 Å². The molecule has 0 atom stereocenters. The monoisotopic (exact) mass is 239 g/mol. The molecule has 3 rings (SSSR count). The van der Waals surface area contributed by atoms with Crippen LogP contribution in [0.2, 0.25) is 0 Å². The molecular weight excluding hydrogens is 230 g/mol. The van der Waals surface area contributed by atoms with Gasteiger partial charge in [0.05, 0.1) is 11.0 Å². The van der Waals surface area contributed by atoms with Gasteiger partial charge in [0.1, 0.15) is 0 Å². The molecule has 0 saturated heterocycles. The van der Waals surface area contributed by atoms with Crippen LogP contribution in [0.4, 0.5) is 4.79 Å². The Bertz CT molecular complexity index is 773. The second kappa shape index (κ2) is 3.70. The highest BCUT2D eigenvalue weighted by Gasteiger charge is 2.13. The van der Waals surface area contributed by atoms with E-state index in [1.165, 1.54) is 0 Å². The molecule has 2 aromatic carbocycles. The summed E-state index contributed by atoms with van der Waals surface area (Å²) in [7, 11) is 0. The summed E-state index contributed by atoms with van der Waals surface area (Å²) in [4.78, 5) is 23.7. The molecule has 0 aliphatic rings. The van der Waals surface area contributed by atoms with E-state index < -0.39 is 6.09 Å². The van der Waals surface area contributed by atoms with Crippen LogP contribution < -0.4 is 5.43 Å². The van der Waals surface area contributed by atoms with E-state index in [4.69, 9.17) is 0 Å². The van der Waals surface area contributed by atoms with E-state index in [9.17, 15) is 14.7 Å². The van der Waals surface area contributed by atoms with Crippen molar-refractivity contribution in [2.75, 3.05) is 0 Å². The van der Waals surface area contributed by atoms with Crippen LogP contribution in [-0.4, -0.2) is 15.8 Å². The fourth-order valence-corrected chi connectivity index (χ4v) is 2.20. The molecule has 0 aliphatic heterocycles. The minimum absolute atomic E-state index is 0.140. The number of hydrogen-bond donors (Lipinski definition) is 1. The second-order valence-electron chi connectivity index (χ2n) is 3.98. The van der Waals surface area contributed by atoms with Gasteiger partial charge in [-0.05, 0) is 24.3 Å². The minimum Gasteiger partial charge on any atom is -0.464 e. The lowest BCUT2D eigenvalue weighted by Crippen LogP contribution is -2.16. The molecule has 0 amide bonds. The van der Waals surface area contributed by atoms with Gasteiger partial charge in [0, 0.05) is 10.8 Å². The zero-order valence-electron chi connectivity index (χ0n) is 9.33. The number of hydrogen-bond acceptors (Lipinski definition) is 2. The highest BCUT2D eigenvalue weighted by atomic mass is 16.4. The molecule has 4 nitrogen and oxygen atoms in total. The second-order valence-corrected chi connectivity index (χ2v) is 3.98. The maximum atomic E-state index is 12.3. The highest BCUT2D eigenvalue weighted by molar-refractivity contribution is 6.00. The molecular formula is C14H9NO3. The summed E-state index contributed by atoms with van der Waals surface area (Å²) in [6.07, 6.45) is -1.09. The van der Waals surface area contributed by atoms with Crippen molar-refractivity contribution in [1.29, 1.82) is 0 Å². The first-order chi connectivity index (χ1) is 8.70. The predicted molar refractivity (Wildman–Crippen MR) is 69.1 cm³/mol. The Morgan fingerprint density at radius 2 is 1.33 bits per heavy atom. The number of carbonyl (C=O) groups is 1. The van der Waals surface area contributed by atoms with Crippen LogP contribution in [0.3, 0.4) is 0 Å². The number of carboxylic acid groups (broad SMARTS) is 1. The lowest BCUT2D eigenvalue weighted by Gasteiger charge is -2.09. The molecule has 0 radical (unpaired) electrons. The summed E-state index contributed by atoms with van der Waals surface area (Å²) in [5.41, 5.74) is 0.682. The number of benzene rings is 2. The Kier molecular flexibility index (Phi) is 2.16. The minimum atomic E-state index is -1.09. The molecule has 18 heavy (non-hydrogen) atoms. The number of rotatable bonds is 0. The van der Waals surface area contributed by atoms with Crippen LogP contribution >= 0.6 is 0 Å². The normalized spacial score (nSPS) is 10.9. The summed E-state index contributed by atoms with van der Waals surface area (Å²) >= 11 is 0. The number of aromatic nitrogens is 1. The Hall–Kier alpha value is -2.62. The molecule has 3 aromatic rings. The summed E-state index contributed by atoms with van der Waals surface area (Å²) in [6.45, 7) is 0. The maximum Gasteiger partial charge on any atom is 0.416 e. The maximum absolute atomic E-state index is 12.3. The lowest BCUT2D eigenvalue weighted by atomic mass is 10.1. The quantitative estimate of drug-likeness (QED) is 0.613. The SMILES string of the molecule is O=C(O)n1c2ccccc2c(=O)c2ccccc21. The van der Waals surface area contributed by atoms with Crippen LogP contribution in [0, 0.1) is 0 Å². The molecule has 0 aliphatic carbocycles. The van der Waals surface area contributed by atoms with E-state index >= 15 is 0 Å². The third kappa shape index (κ3) is 1.32. The van der Waals surface area contributed by atoms with Gasteiger partial charge in [-0.25, -0.2) is 9.36 Å². The van der Waals surface area contributed by atoms with Crippen molar-refractivity contribution in [3.05, 3.63) is 58.8 Å². The highest BCUT2D eigenvalue weighted by Crippen LogP contribution is 2.18. The third-order valence-electron chi connectivity index (χ3n) is 2.97. The van der Waals surface area contributed by atoms with Gasteiger partial charge in [-0.15, -0.1) is 0 Å². The van der Waals surface area contributed by atoms with Gasteiger partial charge in [-0.2, -0.15) is 0 Å². The number of fused-ring (bicyclic) bond motifs is 2. The van der Waals surface area contributed by atoms with E-state index in [-0.39, 0.29) is 5.43 Å². The summed E-state index contributed by atoms with van der Waals surface area (Å²) in [6, 6.07) is 13.4. The summed E-state index contributed by atoms with van der Waals surface area (Å²) in [5, 5.41) is 10.2. The van der Waals surface area contributed by atoms with Crippen molar-refractivity contribution < 1.29 is 9.90 Å². The van der Waals surface area contributed by atoms with Crippen LogP contribution in [0.15, 0.2) is 53.3 Å². The van der Waals surface area contributed by atoms with Crippen LogP contribution in [0.1, 0.15) is 0 Å². The molecule has 1 heterocycles. The van der Waals surface area contributed by atoms with Gasteiger partial charge in [0.15, 0.2) is 5.43 Å². The number of pyridine rings is 1. The Morgan fingerprint density at radius 3 is 1.78 bits per heavy atom. The summed E-state index contributed by atoms with van der Waals surface area (Å²) in [5.74, 6) is 0. The number of para-hydroxylation sites is 2. The van der Waals surface area contributed by atoms with Crippen LogP contribution in [0.5, 0.6) is 0 Å². The molecule has 1 aromatic heterocycles. The van der Waals surface area contributed by atoms with Gasteiger partial charge in [-0.3, -0.25) is 4.79 Å². The first-order valence-corrected chi connectivity index (χ1v) is 5.46. The predicted octanol–water partition coefficient (Wildman–Crippen LogP) is 2.68. The standard InChI is InChI=1S/C14H9NO3/c16-13-9-5-1-3-7-11(9)15(14(17)18)12-8-4-2-6-10(12)13/h1-8H,(H,17,18). The van der Waals surface area contributed by atoms with Crippen molar-refractivity contribution in [3.63, 3.8) is 0 Å². The van der Waals surface area contributed by atoms with Crippen LogP contribution in [0.25, 0.3) is 21.8 Å². The van der Waals surface area contributed by atoms with E-state index in [1.54, 1.807) is 48.5 Å². The van der Waals surface area contributed by atoms with E-state index in [0.29, 0.717) is 21.8 Å². The van der Waals surface area contributed by atoms with Gasteiger partial charge in [0.25, 0.3) is 0 Å². The van der Waals surface area contributed by atoms with Crippen molar-refractivity contribution in [2.24, 2.45) is 0 Å². The van der Waals surface area contributed by atoms with E-state index in [1.807, 2.05) is 0 Å². The Morgan fingerprint density at radius 1 is 0.889 bits per heavy atom. The van der Waals surface area contributed by atoms with Crippen LogP contribution in [-0.2, 0) is 0 Å². The van der Waals surface area contributed by atoms with Crippen molar-refractivity contribution >= 4 is 27.9 Å². The first-order valence-electron chi connectivity index (χ1n) is 5.46. The fraction of sp³-hybridized carbons (Fsp3) is 0. The molecule has 0 saturated carbocycles. The summed E-state index contributed by atoms with van der Waals surface area (Å²) < 4.78 is 1.14. The molecule has 88 valence electrons. The van der Waals surface area contributed by atoms with Gasteiger partial charge in [-0.1, -0.05) is 24.3 Å². The van der Waals surface area contributed by atoms with E-state index in [2.05, 4.69) is 0 Å².